The molecule has 0 aromatic heterocycles. The minimum atomic E-state index is -1.14. The molecule has 2 unspecified atom stereocenters. The highest BCUT2D eigenvalue weighted by Crippen LogP contribution is 2.25. The number of carboxylic acid groups (broad SMARTS) is 1. The fourth-order valence-electron chi connectivity index (χ4n) is 2.46. The number of aliphatic carboxylic acids is 1. The molecule has 0 saturated carbocycles. The van der Waals surface area contributed by atoms with Crippen molar-refractivity contribution in [3.63, 3.8) is 0 Å². The molecule has 0 aromatic rings. The summed E-state index contributed by atoms with van der Waals surface area (Å²) in [4.78, 5) is 23.5. The van der Waals surface area contributed by atoms with Gasteiger partial charge in [0.2, 0.25) is 5.91 Å². The lowest BCUT2D eigenvalue weighted by Gasteiger charge is -2.30. The van der Waals surface area contributed by atoms with Gasteiger partial charge >= 0.3 is 5.97 Å². The molecule has 18 heavy (non-hydrogen) atoms. The van der Waals surface area contributed by atoms with E-state index in [1.54, 1.807) is 13.8 Å². The van der Waals surface area contributed by atoms with Gasteiger partial charge in [0, 0.05) is 6.61 Å². The molecule has 1 saturated heterocycles. The smallest absolute Gasteiger partial charge is 0.329 e. The van der Waals surface area contributed by atoms with Gasteiger partial charge in [-0.3, -0.25) is 4.79 Å². The highest BCUT2D eigenvalue weighted by molar-refractivity contribution is 5.88. The Bertz CT molecular complexity index is 312. The molecule has 1 aliphatic rings. The molecule has 0 aromatic carbocycles. The fourth-order valence-corrected chi connectivity index (χ4v) is 2.46. The van der Waals surface area contributed by atoms with Crippen LogP contribution >= 0.6 is 0 Å². The van der Waals surface area contributed by atoms with Crippen molar-refractivity contribution in [1.82, 2.24) is 5.32 Å². The summed E-state index contributed by atoms with van der Waals surface area (Å²) in [5.41, 5.74) is -1.14. The lowest BCUT2D eigenvalue weighted by atomic mass is 9.90. The van der Waals surface area contributed by atoms with Crippen LogP contribution < -0.4 is 5.32 Å². The number of hydrogen-bond acceptors (Lipinski definition) is 3. The largest absolute Gasteiger partial charge is 0.480 e. The quantitative estimate of drug-likeness (QED) is 0.757. The van der Waals surface area contributed by atoms with E-state index in [1.807, 2.05) is 6.92 Å². The number of nitrogens with one attached hydrogen (secondary N) is 1. The Balaban J connectivity index is 2.75. The standard InChI is InChI=1S/C13H23NO4/c1-4-10-9(7-8-18-10)11(15)14-13(5-2,6-3)12(16)17/h9-10H,4-8H2,1-3H3,(H,14,15)(H,16,17). The number of hydrogen-bond donors (Lipinski definition) is 2. The summed E-state index contributed by atoms with van der Waals surface area (Å²) in [5, 5.41) is 12.0. The molecule has 0 aliphatic carbocycles. The monoisotopic (exact) mass is 257 g/mol. The fraction of sp³-hybridized carbons (Fsp3) is 0.846. The van der Waals surface area contributed by atoms with E-state index in [-0.39, 0.29) is 17.9 Å². The van der Waals surface area contributed by atoms with E-state index in [0.29, 0.717) is 25.9 Å². The maximum atomic E-state index is 12.2. The van der Waals surface area contributed by atoms with Gasteiger partial charge in [-0.1, -0.05) is 20.8 Å². The number of ether oxygens (including phenoxy) is 1. The van der Waals surface area contributed by atoms with Gasteiger partial charge in [0.25, 0.3) is 0 Å². The van der Waals surface area contributed by atoms with Gasteiger partial charge in [0.1, 0.15) is 5.54 Å². The second-order valence-corrected chi connectivity index (χ2v) is 4.80. The van der Waals surface area contributed by atoms with Crippen LogP contribution in [0.5, 0.6) is 0 Å². The van der Waals surface area contributed by atoms with E-state index in [1.165, 1.54) is 0 Å². The van der Waals surface area contributed by atoms with Crippen molar-refractivity contribution in [1.29, 1.82) is 0 Å². The van der Waals surface area contributed by atoms with Crippen molar-refractivity contribution < 1.29 is 19.4 Å². The minimum Gasteiger partial charge on any atom is -0.480 e. The molecule has 0 bridgehead atoms. The maximum Gasteiger partial charge on any atom is 0.329 e. The Morgan fingerprint density at radius 1 is 1.33 bits per heavy atom. The Hall–Kier alpha value is -1.10. The number of carboxylic acids is 1. The van der Waals surface area contributed by atoms with Crippen molar-refractivity contribution in [2.24, 2.45) is 5.92 Å². The summed E-state index contributed by atoms with van der Waals surface area (Å²) in [6, 6.07) is 0. The summed E-state index contributed by atoms with van der Waals surface area (Å²) in [6.45, 7) is 6.11. The number of carbonyl (C=O) groups is 2. The van der Waals surface area contributed by atoms with Crippen molar-refractivity contribution in [3.8, 4) is 0 Å². The molecular weight excluding hydrogens is 234 g/mol. The van der Waals surface area contributed by atoms with Crippen LogP contribution in [0, 0.1) is 5.92 Å². The summed E-state index contributed by atoms with van der Waals surface area (Å²) in [6.07, 6.45) is 2.14. The summed E-state index contributed by atoms with van der Waals surface area (Å²) in [7, 11) is 0. The Morgan fingerprint density at radius 3 is 2.39 bits per heavy atom. The predicted octanol–water partition coefficient (Wildman–Crippen LogP) is 1.56. The average Bonchev–Trinajstić information content (AvgIpc) is 2.83. The molecule has 1 heterocycles. The number of rotatable bonds is 6. The van der Waals surface area contributed by atoms with Gasteiger partial charge in [-0.25, -0.2) is 4.79 Å². The van der Waals surface area contributed by atoms with Crippen molar-refractivity contribution >= 4 is 11.9 Å². The molecule has 1 aliphatic heterocycles. The van der Waals surface area contributed by atoms with E-state index in [0.717, 1.165) is 6.42 Å². The lowest BCUT2D eigenvalue weighted by molar-refractivity contribution is -0.149. The van der Waals surface area contributed by atoms with E-state index in [2.05, 4.69) is 5.32 Å². The van der Waals surface area contributed by atoms with E-state index >= 15 is 0 Å². The first-order valence-electron chi connectivity index (χ1n) is 6.67. The third-order valence-electron chi connectivity index (χ3n) is 3.93. The molecule has 2 atom stereocenters. The van der Waals surface area contributed by atoms with Gasteiger partial charge in [0.05, 0.1) is 12.0 Å². The Kier molecular flexibility index (Phi) is 5.14. The number of carbonyl (C=O) groups excluding carboxylic acids is 1. The topological polar surface area (TPSA) is 75.6 Å². The van der Waals surface area contributed by atoms with Crippen LogP contribution in [0.25, 0.3) is 0 Å². The van der Waals surface area contributed by atoms with Crippen molar-refractivity contribution in [3.05, 3.63) is 0 Å². The van der Waals surface area contributed by atoms with Gasteiger partial charge in [0.15, 0.2) is 0 Å². The van der Waals surface area contributed by atoms with E-state index < -0.39 is 11.5 Å². The molecule has 0 radical (unpaired) electrons. The third kappa shape index (κ3) is 2.83. The van der Waals surface area contributed by atoms with Gasteiger partial charge in [-0.05, 0) is 25.7 Å². The first-order valence-corrected chi connectivity index (χ1v) is 6.67. The molecule has 1 rings (SSSR count). The van der Waals surface area contributed by atoms with E-state index in [9.17, 15) is 14.7 Å². The SMILES string of the molecule is CCC1OCCC1C(=O)NC(CC)(CC)C(=O)O. The first-order chi connectivity index (χ1) is 8.50. The van der Waals surface area contributed by atoms with Crippen LogP contribution in [0.4, 0.5) is 0 Å². The second-order valence-electron chi connectivity index (χ2n) is 4.80. The molecule has 0 spiro atoms. The molecule has 1 amide bonds. The molecule has 1 fully saturated rings. The lowest BCUT2D eigenvalue weighted by Crippen LogP contribution is -2.55. The number of amides is 1. The highest BCUT2D eigenvalue weighted by Gasteiger charge is 2.41. The van der Waals surface area contributed by atoms with Crippen LogP contribution in [0.3, 0.4) is 0 Å². The van der Waals surface area contributed by atoms with Crippen molar-refractivity contribution in [2.75, 3.05) is 6.61 Å². The zero-order valence-corrected chi connectivity index (χ0v) is 11.4. The first kappa shape index (κ1) is 15.0. The summed E-state index contributed by atoms with van der Waals surface area (Å²) < 4.78 is 5.47. The molecule has 5 heteroatoms. The maximum absolute atomic E-state index is 12.2. The Morgan fingerprint density at radius 2 is 1.94 bits per heavy atom. The van der Waals surface area contributed by atoms with Crippen LogP contribution in [0.15, 0.2) is 0 Å². The van der Waals surface area contributed by atoms with E-state index in [4.69, 9.17) is 4.74 Å². The molecule has 5 nitrogen and oxygen atoms in total. The average molecular weight is 257 g/mol. The normalized spacial score (nSPS) is 23.9. The van der Waals surface area contributed by atoms with Gasteiger partial charge < -0.3 is 15.2 Å². The Labute approximate surface area is 108 Å². The molecule has 104 valence electrons. The van der Waals surface area contributed by atoms with Crippen molar-refractivity contribution in [2.45, 2.75) is 58.1 Å². The predicted molar refractivity (Wildman–Crippen MR) is 67.2 cm³/mol. The molecule has 2 N–H and O–H groups in total. The van der Waals surface area contributed by atoms with Crippen LogP contribution in [-0.2, 0) is 14.3 Å². The third-order valence-corrected chi connectivity index (χ3v) is 3.93. The van der Waals surface area contributed by atoms with Gasteiger partial charge in [-0.2, -0.15) is 0 Å². The van der Waals surface area contributed by atoms with Crippen LogP contribution in [-0.4, -0.2) is 35.2 Å². The molecular formula is C13H23NO4. The second kappa shape index (κ2) is 6.18. The zero-order chi connectivity index (χ0) is 13.8. The highest BCUT2D eigenvalue weighted by atomic mass is 16.5. The van der Waals surface area contributed by atoms with Crippen LogP contribution in [0.1, 0.15) is 46.5 Å². The summed E-state index contributed by atoms with van der Waals surface area (Å²) in [5.74, 6) is -1.37. The van der Waals surface area contributed by atoms with Gasteiger partial charge in [-0.15, -0.1) is 0 Å². The van der Waals surface area contributed by atoms with Crippen LogP contribution in [0.2, 0.25) is 0 Å². The minimum absolute atomic E-state index is 0.0785. The zero-order valence-electron chi connectivity index (χ0n) is 11.4. The summed E-state index contributed by atoms with van der Waals surface area (Å²) >= 11 is 0.